The van der Waals surface area contributed by atoms with Crippen LogP contribution in [0.25, 0.3) is 0 Å². The van der Waals surface area contributed by atoms with Crippen LogP contribution in [0.4, 0.5) is 0 Å². The number of carbonyl (C=O) groups is 1. The largest absolute Gasteiger partial charge is 0.358 e. The summed E-state index contributed by atoms with van der Waals surface area (Å²) in [4.78, 5) is 13.5. The summed E-state index contributed by atoms with van der Waals surface area (Å²) < 4.78 is 0. The van der Waals surface area contributed by atoms with E-state index in [4.69, 9.17) is 17.3 Å². The van der Waals surface area contributed by atoms with E-state index in [-0.39, 0.29) is 11.9 Å². The highest BCUT2D eigenvalue weighted by Crippen LogP contribution is 2.21. The number of nitrogens with one attached hydrogen (secondary N) is 1. The summed E-state index contributed by atoms with van der Waals surface area (Å²) in [6, 6.07) is 7.61. The third-order valence-electron chi connectivity index (χ3n) is 2.95. The SMILES string of the molecule is CCN(CC(=O)NC)C(CN)c1ccc(Cl)cc1. The molecule has 1 unspecified atom stereocenters. The number of rotatable bonds is 6. The molecule has 100 valence electrons. The number of hydrogen-bond acceptors (Lipinski definition) is 3. The first-order chi connectivity index (χ1) is 8.62. The standard InChI is InChI=1S/C13H20ClN3O/c1-3-17(9-13(18)16-2)12(8-15)10-4-6-11(14)7-5-10/h4-7,12H,3,8-9,15H2,1-2H3,(H,16,18). The normalized spacial score (nSPS) is 12.5. The van der Waals surface area contributed by atoms with Gasteiger partial charge in [-0.2, -0.15) is 0 Å². The maximum Gasteiger partial charge on any atom is 0.233 e. The van der Waals surface area contributed by atoms with Crippen LogP contribution < -0.4 is 11.1 Å². The van der Waals surface area contributed by atoms with Gasteiger partial charge in [0.15, 0.2) is 0 Å². The Morgan fingerprint density at radius 1 is 1.44 bits per heavy atom. The third-order valence-corrected chi connectivity index (χ3v) is 3.20. The predicted molar refractivity (Wildman–Crippen MR) is 74.6 cm³/mol. The van der Waals surface area contributed by atoms with Gasteiger partial charge >= 0.3 is 0 Å². The van der Waals surface area contributed by atoms with E-state index in [1.807, 2.05) is 36.1 Å². The highest BCUT2D eigenvalue weighted by atomic mass is 35.5. The van der Waals surface area contributed by atoms with Crippen LogP contribution in [0.1, 0.15) is 18.5 Å². The lowest BCUT2D eigenvalue weighted by molar-refractivity contribution is -0.122. The molecule has 5 heteroatoms. The maximum atomic E-state index is 11.5. The molecule has 1 rings (SSSR count). The zero-order valence-corrected chi connectivity index (χ0v) is 11.6. The first kappa shape index (κ1) is 15.0. The molecule has 0 aromatic heterocycles. The van der Waals surface area contributed by atoms with Crippen molar-refractivity contribution in [2.24, 2.45) is 5.73 Å². The molecule has 0 bridgehead atoms. The van der Waals surface area contributed by atoms with Gasteiger partial charge in [0.1, 0.15) is 0 Å². The van der Waals surface area contributed by atoms with Crippen LogP contribution in [-0.2, 0) is 4.79 Å². The molecule has 0 fully saturated rings. The summed E-state index contributed by atoms with van der Waals surface area (Å²) in [6.45, 7) is 3.59. The lowest BCUT2D eigenvalue weighted by atomic mass is 10.1. The van der Waals surface area contributed by atoms with Crippen LogP contribution in [0, 0.1) is 0 Å². The summed E-state index contributed by atoms with van der Waals surface area (Å²) in [7, 11) is 1.63. The minimum Gasteiger partial charge on any atom is -0.358 e. The number of benzene rings is 1. The second-order valence-corrected chi connectivity index (χ2v) is 4.48. The van der Waals surface area contributed by atoms with Crippen LogP contribution in [0.3, 0.4) is 0 Å². The molecule has 4 nitrogen and oxygen atoms in total. The highest BCUT2D eigenvalue weighted by Gasteiger charge is 2.19. The Balaban J connectivity index is 2.85. The van der Waals surface area contributed by atoms with Crippen molar-refractivity contribution in [3.8, 4) is 0 Å². The minimum absolute atomic E-state index is 0.00994. The zero-order valence-electron chi connectivity index (χ0n) is 10.8. The average molecular weight is 270 g/mol. The molecule has 0 saturated heterocycles. The molecule has 0 spiro atoms. The molecule has 3 N–H and O–H groups in total. The van der Waals surface area contributed by atoms with Crippen molar-refractivity contribution in [1.29, 1.82) is 0 Å². The first-order valence-electron chi connectivity index (χ1n) is 6.02. The molecule has 1 amide bonds. The molecule has 0 heterocycles. The number of likely N-dealkylation sites (N-methyl/N-ethyl adjacent to an activating group) is 2. The monoisotopic (exact) mass is 269 g/mol. The number of carbonyl (C=O) groups excluding carboxylic acids is 1. The van der Waals surface area contributed by atoms with Crippen LogP contribution >= 0.6 is 11.6 Å². The lowest BCUT2D eigenvalue weighted by Gasteiger charge is -2.29. The van der Waals surface area contributed by atoms with Crippen molar-refractivity contribution >= 4 is 17.5 Å². The Kier molecular flexibility index (Phi) is 6.12. The van der Waals surface area contributed by atoms with Gasteiger partial charge in [-0.25, -0.2) is 0 Å². The summed E-state index contributed by atoms with van der Waals surface area (Å²) in [6.07, 6.45) is 0. The summed E-state index contributed by atoms with van der Waals surface area (Å²) in [5.41, 5.74) is 6.91. The van der Waals surface area contributed by atoms with E-state index in [2.05, 4.69) is 5.32 Å². The number of nitrogens with two attached hydrogens (primary N) is 1. The second-order valence-electron chi connectivity index (χ2n) is 4.04. The van der Waals surface area contributed by atoms with E-state index in [1.165, 1.54) is 0 Å². The molecule has 18 heavy (non-hydrogen) atoms. The van der Waals surface area contributed by atoms with E-state index < -0.39 is 0 Å². The van der Waals surface area contributed by atoms with E-state index in [9.17, 15) is 4.79 Å². The average Bonchev–Trinajstić information content (AvgIpc) is 2.40. The Bertz CT molecular complexity index is 380. The fourth-order valence-electron chi connectivity index (χ4n) is 1.89. The molecule has 1 aromatic carbocycles. The van der Waals surface area contributed by atoms with Gasteiger partial charge < -0.3 is 11.1 Å². The van der Waals surface area contributed by atoms with Crippen molar-refractivity contribution in [2.75, 3.05) is 26.7 Å². The molecule has 0 aliphatic heterocycles. The lowest BCUT2D eigenvalue weighted by Crippen LogP contribution is -2.40. The number of hydrogen-bond donors (Lipinski definition) is 2. The molecule has 0 aliphatic rings. The maximum absolute atomic E-state index is 11.5. The summed E-state index contributed by atoms with van der Waals surface area (Å²) >= 11 is 5.87. The van der Waals surface area contributed by atoms with E-state index >= 15 is 0 Å². The molecule has 0 saturated carbocycles. The van der Waals surface area contributed by atoms with Crippen LogP contribution in [-0.4, -0.2) is 37.5 Å². The second kappa shape index (κ2) is 7.36. The number of amides is 1. The van der Waals surface area contributed by atoms with Gasteiger partial charge in [0.2, 0.25) is 5.91 Å². The van der Waals surface area contributed by atoms with Crippen LogP contribution in [0.2, 0.25) is 5.02 Å². The van der Waals surface area contributed by atoms with Crippen molar-refractivity contribution < 1.29 is 4.79 Å². The predicted octanol–water partition coefficient (Wildman–Crippen LogP) is 1.41. The van der Waals surface area contributed by atoms with E-state index in [0.717, 1.165) is 12.1 Å². The highest BCUT2D eigenvalue weighted by molar-refractivity contribution is 6.30. The minimum atomic E-state index is -0.00994. The van der Waals surface area contributed by atoms with Crippen molar-refractivity contribution in [3.05, 3.63) is 34.9 Å². The molecule has 1 aromatic rings. The smallest absolute Gasteiger partial charge is 0.233 e. The topological polar surface area (TPSA) is 58.4 Å². The van der Waals surface area contributed by atoms with Crippen molar-refractivity contribution in [1.82, 2.24) is 10.2 Å². The molecular formula is C13H20ClN3O. The number of halogens is 1. The van der Waals surface area contributed by atoms with Gasteiger partial charge in [0, 0.05) is 24.7 Å². The summed E-state index contributed by atoms with van der Waals surface area (Å²) in [5.74, 6) is -0.00994. The first-order valence-corrected chi connectivity index (χ1v) is 6.40. The Morgan fingerprint density at radius 2 is 2.06 bits per heavy atom. The fraction of sp³-hybridized carbons (Fsp3) is 0.462. The van der Waals surface area contributed by atoms with E-state index in [0.29, 0.717) is 18.1 Å². The van der Waals surface area contributed by atoms with Gasteiger partial charge in [0.05, 0.1) is 6.54 Å². The van der Waals surface area contributed by atoms with Crippen molar-refractivity contribution in [2.45, 2.75) is 13.0 Å². The van der Waals surface area contributed by atoms with Gasteiger partial charge in [-0.05, 0) is 24.2 Å². The Hall–Kier alpha value is -1.10. The third kappa shape index (κ3) is 3.98. The molecule has 1 atom stereocenters. The van der Waals surface area contributed by atoms with Crippen molar-refractivity contribution in [3.63, 3.8) is 0 Å². The van der Waals surface area contributed by atoms with E-state index in [1.54, 1.807) is 7.05 Å². The zero-order chi connectivity index (χ0) is 13.5. The number of nitrogens with zero attached hydrogens (tertiary/aromatic N) is 1. The Labute approximate surface area is 113 Å². The Morgan fingerprint density at radius 3 is 2.50 bits per heavy atom. The van der Waals surface area contributed by atoms with Crippen LogP contribution in [0.5, 0.6) is 0 Å². The molecular weight excluding hydrogens is 250 g/mol. The summed E-state index contributed by atoms with van der Waals surface area (Å²) in [5, 5.41) is 3.32. The van der Waals surface area contributed by atoms with Gasteiger partial charge in [-0.1, -0.05) is 30.7 Å². The fourth-order valence-corrected chi connectivity index (χ4v) is 2.01. The molecule has 0 aliphatic carbocycles. The van der Waals surface area contributed by atoms with Gasteiger partial charge in [0.25, 0.3) is 0 Å². The molecule has 0 radical (unpaired) electrons. The quantitative estimate of drug-likeness (QED) is 0.821. The van der Waals surface area contributed by atoms with Crippen LogP contribution in [0.15, 0.2) is 24.3 Å². The van der Waals surface area contributed by atoms with Gasteiger partial charge in [-0.15, -0.1) is 0 Å². The van der Waals surface area contributed by atoms with Gasteiger partial charge in [-0.3, -0.25) is 9.69 Å².